The fraction of sp³-hybridized carbons (Fsp3) is 0.409. The molecule has 0 radical (unpaired) electrons. The highest BCUT2D eigenvalue weighted by Crippen LogP contribution is 2.30. The molecule has 0 spiro atoms. The first kappa shape index (κ1) is 21.3. The quantitative estimate of drug-likeness (QED) is 0.750. The fourth-order valence-electron chi connectivity index (χ4n) is 3.60. The molecular weight excluding hydrogens is 388 g/mol. The van der Waals surface area contributed by atoms with Crippen LogP contribution in [-0.2, 0) is 10.0 Å². The number of carbonyl (C=O) groups is 1. The van der Waals surface area contributed by atoms with Gasteiger partial charge < -0.3 is 9.64 Å². The molecule has 2 aromatic carbocycles. The molecule has 0 N–H and O–H groups in total. The molecule has 0 aliphatic carbocycles. The summed E-state index contributed by atoms with van der Waals surface area (Å²) in [5, 5.41) is 0. The molecule has 0 aromatic heterocycles. The largest absolute Gasteiger partial charge is 0.496 e. The first-order valence-corrected chi connectivity index (χ1v) is 11.2. The van der Waals surface area contributed by atoms with E-state index in [4.69, 9.17) is 4.74 Å². The highest BCUT2D eigenvalue weighted by atomic mass is 32.2. The summed E-state index contributed by atoms with van der Waals surface area (Å²) in [5.74, 6) is 0.946. The molecule has 0 unspecified atom stereocenters. The summed E-state index contributed by atoms with van der Waals surface area (Å²) in [7, 11) is -1.90. The van der Waals surface area contributed by atoms with Crippen molar-refractivity contribution in [3.63, 3.8) is 0 Å². The summed E-state index contributed by atoms with van der Waals surface area (Å²) in [5.41, 5.74) is 2.50. The summed E-state index contributed by atoms with van der Waals surface area (Å²) in [6, 6.07) is 12.2. The SMILES string of the molecule is COc1cc(C)c(C(=O)N2CCN(S(=O)(=O)c3ccccc3)CC2)cc1C(C)C. The number of carbonyl (C=O) groups excluding carboxylic acids is 1. The van der Waals surface area contributed by atoms with Gasteiger partial charge in [0, 0.05) is 31.7 Å². The second-order valence-corrected chi connectivity index (χ2v) is 9.51. The molecule has 3 rings (SSSR count). The van der Waals surface area contributed by atoms with Crippen molar-refractivity contribution in [1.29, 1.82) is 0 Å². The zero-order chi connectivity index (χ0) is 21.2. The lowest BCUT2D eigenvalue weighted by atomic mass is 9.95. The monoisotopic (exact) mass is 416 g/mol. The standard InChI is InChI=1S/C22H28N2O4S/c1-16(2)19-15-20(17(3)14-21(19)28-4)22(25)23-10-12-24(13-11-23)29(26,27)18-8-6-5-7-9-18/h5-9,14-16H,10-13H2,1-4H3. The Bertz CT molecular complexity index is 979. The number of methoxy groups -OCH3 is 1. The Balaban J connectivity index is 1.76. The topological polar surface area (TPSA) is 66.9 Å². The molecule has 0 bridgehead atoms. The molecule has 0 saturated carbocycles. The normalized spacial score (nSPS) is 15.6. The Morgan fingerprint density at radius 3 is 2.21 bits per heavy atom. The summed E-state index contributed by atoms with van der Waals surface area (Å²) in [6.07, 6.45) is 0. The van der Waals surface area contributed by atoms with E-state index in [1.807, 2.05) is 19.1 Å². The lowest BCUT2D eigenvalue weighted by Gasteiger charge is -2.34. The summed E-state index contributed by atoms with van der Waals surface area (Å²) < 4.78 is 32.5. The number of benzene rings is 2. The van der Waals surface area contributed by atoms with E-state index in [-0.39, 0.29) is 29.8 Å². The minimum Gasteiger partial charge on any atom is -0.496 e. The molecule has 1 aliphatic heterocycles. The third-order valence-corrected chi connectivity index (χ3v) is 7.25. The van der Waals surface area contributed by atoms with Crippen LogP contribution in [0.1, 0.15) is 41.3 Å². The smallest absolute Gasteiger partial charge is 0.254 e. The maximum Gasteiger partial charge on any atom is 0.254 e. The van der Waals surface area contributed by atoms with E-state index in [1.54, 1.807) is 42.3 Å². The zero-order valence-corrected chi connectivity index (χ0v) is 18.2. The van der Waals surface area contributed by atoms with Gasteiger partial charge in [-0.1, -0.05) is 32.0 Å². The number of hydrogen-bond donors (Lipinski definition) is 0. The lowest BCUT2D eigenvalue weighted by molar-refractivity contribution is 0.0697. The highest BCUT2D eigenvalue weighted by molar-refractivity contribution is 7.89. The van der Waals surface area contributed by atoms with Crippen molar-refractivity contribution in [2.24, 2.45) is 0 Å². The molecule has 6 nitrogen and oxygen atoms in total. The minimum absolute atomic E-state index is 0.0659. The van der Waals surface area contributed by atoms with Gasteiger partial charge in [0.2, 0.25) is 10.0 Å². The lowest BCUT2D eigenvalue weighted by Crippen LogP contribution is -2.50. The van der Waals surface area contributed by atoms with Crippen LogP contribution in [0, 0.1) is 6.92 Å². The molecule has 7 heteroatoms. The van der Waals surface area contributed by atoms with Gasteiger partial charge >= 0.3 is 0 Å². The van der Waals surface area contributed by atoms with Crippen molar-refractivity contribution in [3.8, 4) is 5.75 Å². The molecule has 1 amide bonds. The second kappa shape index (κ2) is 8.55. The van der Waals surface area contributed by atoms with Crippen LogP contribution in [0.3, 0.4) is 0 Å². The molecule has 0 atom stereocenters. The molecule has 1 heterocycles. The molecule has 29 heavy (non-hydrogen) atoms. The number of ether oxygens (including phenoxy) is 1. The van der Waals surface area contributed by atoms with Gasteiger partial charge in [0.25, 0.3) is 5.91 Å². The van der Waals surface area contributed by atoms with Crippen molar-refractivity contribution < 1.29 is 17.9 Å². The molecular formula is C22H28N2O4S. The van der Waals surface area contributed by atoms with Crippen molar-refractivity contribution in [2.45, 2.75) is 31.6 Å². The Labute approximate surface area is 173 Å². The van der Waals surface area contributed by atoms with Gasteiger partial charge in [-0.05, 0) is 48.2 Å². The van der Waals surface area contributed by atoms with Gasteiger partial charge in [0.15, 0.2) is 0 Å². The van der Waals surface area contributed by atoms with Crippen molar-refractivity contribution in [3.05, 3.63) is 59.2 Å². The Morgan fingerprint density at radius 2 is 1.66 bits per heavy atom. The first-order valence-electron chi connectivity index (χ1n) is 9.78. The third kappa shape index (κ3) is 4.31. The predicted molar refractivity (Wildman–Crippen MR) is 113 cm³/mol. The van der Waals surface area contributed by atoms with Gasteiger partial charge in [0.1, 0.15) is 5.75 Å². The van der Waals surface area contributed by atoms with E-state index in [1.165, 1.54) is 4.31 Å². The highest BCUT2D eigenvalue weighted by Gasteiger charge is 2.31. The van der Waals surface area contributed by atoms with Crippen LogP contribution >= 0.6 is 0 Å². The molecule has 156 valence electrons. The van der Waals surface area contributed by atoms with Gasteiger partial charge in [-0.2, -0.15) is 4.31 Å². The van der Waals surface area contributed by atoms with Crippen LogP contribution in [0.4, 0.5) is 0 Å². The number of rotatable bonds is 5. The van der Waals surface area contributed by atoms with E-state index in [0.29, 0.717) is 18.7 Å². The van der Waals surface area contributed by atoms with E-state index in [0.717, 1.165) is 16.9 Å². The number of piperazine rings is 1. The minimum atomic E-state index is -3.53. The molecule has 2 aromatic rings. The van der Waals surface area contributed by atoms with Crippen molar-refractivity contribution in [2.75, 3.05) is 33.3 Å². The summed E-state index contributed by atoms with van der Waals surface area (Å²) >= 11 is 0. The van der Waals surface area contributed by atoms with Crippen LogP contribution in [0.25, 0.3) is 0 Å². The number of amides is 1. The van der Waals surface area contributed by atoms with Crippen LogP contribution in [-0.4, -0.2) is 56.8 Å². The van der Waals surface area contributed by atoms with Crippen LogP contribution in [0.2, 0.25) is 0 Å². The third-order valence-electron chi connectivity index (χ3n) is 5.34. The second-order valence-electron chi connectivity index (χ2n) is 7.57. The average Bonchev–Trinajstić information content (AvgIpc) is 2.73. The van der Waals surface area contributed by atoms with Gasteiger partial charge in [0.05, 0.1) is 12.0 Å². The van der Waals surface area contributed by atoms with Crippen molar-refractivity contribution in [1.82, 2.24) is 9.21 Å². The van der Waals surface area contributed by atoms with Crippen LogP contribution < -0.4 is 4.74 Å². The zero-order valence-electron chi connectivity index (χ0n) is 17.4. The Morgan fingerprint density at radius 1 is 1.03 bits per heavy atom. The van der Waals surface area contributed by atoms with Crippen LogP contribution in [0.15, 0.2) is 47.4 Å². The summed E-state index contributed by atoms with van der Waals surface area (Å²) in [4.78, 5) is 15.2. The van der Waals surface area contributed by atoms with Crippen molar-refractivity contribution >= 4 is 15.9 Å². The van der Waals surface area contributed by atoms with Gasteiger partial charge in [-0.3, -0.25) is 4.79 Å². The van der Waals surface area contributed by atoms with E-state index >= 15 is 0 Å². The number of nitrogens with zero attached hydrogens (tertiary/aromatic N) is 2. The number of hydrogen-bond acceptors (Lipinski definition) is 4. The van der Waals surface area contributed by atoms with E-state index in [9.17, 15) is 13.2 Å². The molecule has 1 fully saturated rings. The van der Waals surface area contributed by atoms with Gasteiger partial charge in [-0.25, -0.2) is 8.42 Å². The number of aryl methyl sites for hydroxylation is 1. The predicted octanol–water partition coefficient (Wildman–Crippen LogP) is 3.27. The average molecular weight is 417 g/mol. The van der Waals surface area contributed by atoms with E-state index < -0.39 is 10.0 Å². The molecule has 1 aliphatic rings. The van der Waals surface area contributed by atoms with E-state index in [2.05, 4.69) is 13.8 Å². The maximum atomic E-state index is 13.1. The fourth-order valence-corrected chi connectivity index (χ4v) is 5.04. The van der Waals surface area contributed by atoms with Crippen LogP contribution in [0.5, 0.6) is 5.75 Å². The Hall–Kier alpha value is -2.38. The number of sulfonamides is 1. The van der Waals surface area contributed by atoms with Gasteiger partial charge in [-0.15, -0.1) is 0 Å². The maximum absolute atomic E-state index is 13.1. The Kier molecular flexibility index (Phi) is 6.29. The molecule has 1 saturated heterocycles. The summed E-state index contributed by atoms with van der Waals surface area (Å²) in [6.45, 7) is 7.34. The first-order chi connectivity index (χ1) is 13.8.